The van der Waals surface area contributed by atoms with Gasteiger partial charge in [-0.25, -0.2) is 9.59 Å². The summed E-state index contributed by atoms with van der Waals surface area (Å²) in [6.45, 7) is 0.596. The van der Waals surface area contributed by atoms with Gasteiger partial charge in [0.25, 0.3) is 11.6 Å². The van der Waals surface area contributed by atoms with Gasteiger partial charge in [0.1, 0.15) is 11.4 Å². The maximum atomic E-state index is 13.5. The molecule has 0 aliphatic carbocycles. The summed E-state index contributed by atoms with van der Waals surface area (Å²) in [6, 6.07) is 10.5. The van der Waals surface area contributed by atoms with Crippen LogP contribution in [-0.4, -0.2) is 58.8 Å². The minimum atomic E-state index is -1.28. The van der Waals surface area contributed by atoms with Crippen LogP contribution in [-0.2, 0) is 9.59 Å². The molecule has 1 unspecified atom stereocenters. The fourth-order valence-corrected chi connectivity index (χ4v) is 6.38. The standard InChI is InChI=1S/C26H23BrClN3O9S/c27-20-22(39-12-19(32)33)24(26(35)36)41-23(20)14-2-1-3-16(10-14)40-21(13-6-8-29-9-7-13)25(34)30-17-11-15(28)4-5-18(17)31(37)38/h1-5,10-11,13,21,29H,6-9,12H2,(H,30,34)(H,32,33)(H,35,36). The smallest absolute Gasteiger partial charge is 0.349 e. The van der Waals surface area contributed by atoms with E-state index >= 15 is 0 Å². The number of carbonyl (C=O) groups is 3. The Kier molecular flexibility index (Phi) is 9.81. The molecule has 1 amide bonds. The van der Waals surface area contributed by atoms with Crippen molar-refractivity contribution in [3.63, 3.8) is 0 Å². The van der Waals surface area contributed by atoms with E-state index < -0.39 is 35.5 Å². The Morgan fingerprint density at radius 2 is 1.93 bits per heavy atom. The number of nitro benzene ring substituents is 1. The van der Waals surface area contributed by atoms with Gasteiger partial charge < -0.3 is 30.3 Å². The van der Waals surface area contributed by atoms with Crippen LogP contribution in [0.15, 0.2) is 46.9 Å². The molecule has 1 aliphatic heterocycles. The molecule has 2 aromatic carbocycles. The Bertz CT molecular complexity index is 1490. The third-order valence-electron chi connectivity index (χ3n) is 6.19. The molecule has 4 rings (SSSR count). The van der Waals surface area contributed by atoms with E-state index in [9.17, 15) is 29.6 Å². The lowest BCUT2D eigenvalue weighted by Gasteiger charge is -2.30. The predicted octanol–water partition coefficient (Wildman–Crippen LogP) is 5.29. The molecule has 1 fully saturated rings. The van der Waals surface area contributed by atoms with E-state index in [1.807, 2.05) is 0 Å². The van der Waals surface area contributed by atoms with Gasteiger partial charge in [0.2, 0.25) is 0 Å². The van der Waals surface area contributed by atoms with E-state index in [4.69, 9.17) is 26.2 Å². The number of piperidine rings is 1. The number of hydrogen-bond donors (Lipinski definition) is 4. The molecule has 12 nitrogen and oxygen atoms in total. The van der Waals surface area contributed by atoms with Gasteiger partial charge >= 0.3 is 11.9 Å². The third kappa shape index (κ3) is 7.33. The van der Waals surface area contributed by atoms with Crippen molar-refractivity contribution in [3.8, 4) is 21.9 Å². The molecular formula is C26H23BrClN3O9S. The zero-order chi connectivity index (χ0) is 29.7. The van der Waals surface area contributed by atoms with Crippen molar-refractivity contribution in [1.29, 1.82) is 0 Å². The molecule has 3 aromatic rings. The van der Waals surface area contributed by atoms with Gasteiger partial charge in [0.05, 0.1) is 14.3 Å². The number of aliphatic carboxylic acids is 1. The normalized spacial score (nSPS) is 14.2. The number of benzene rings is 2. The molecule has 216 valence electrons. The van der Waals surface area contributed by atoms with E-state index in [0.29, 0.717) is 42.1 Å². The summed E-state index contributed by atoms with van der Waals surface area (Å²) in [5, 5.41) is 36.2. The second-order valence-electron chi connectivity index (χ2n) is 8.95. The second-order valence-corrected chi connectivity index (χ2v) is 11.2. The minimum Gasteiger partial charge on any atom is -0.480 e. The highest BCUT2D eigenvalue weighted by atomic mass is 79.9. The molecule has 1 saturated heterocycles. The zero-order valence-electron chi connectivity index (χ0n) is 21.1. The lowest BCUT2D eigenvalue weighted by atomic mass is 9.91. The van der Waals surface area contributed by atoms with Gasteiger partial charge in [-0.05, 0) is 71.7 Å². The summed E-state index contributed by atoms with van der Waals surface area (Å²) in [5.74, 6) is -3.15. The van der Waals surface area contributed by atoms with E-state index in [1.165, 1.54) is 18.2 Å². The lowest BCUT2D eigenvalue weighted by Crippen LogP contribution is -2.44. The van der Waals surface area contributed by atoms with Gasteiger partial charge in [-0.1, -0.05) is 23.7 Å². The molecule has 0 radical (unpaired) electrons. The van der Waals surface area contributed by atoms with Crippen LogP contribution >= 0.6 is 38.9 Å². The highest BCUT2D eigenvalue weighted by Gasteiger charge is 2.33. The van der Waals surface area contributed by atoms with E-state index in [-0.39, 0.29) is 37.4 Å². The molecule has 2 heterocycles. The van der Waals surface area contributed by atoms with Crippen molar-refractivity contribution < 1.29 is 39.0 Å². The summed E-state index contributed by atoms with van der Waals surface area (Å²) >= 11 is 10.2. The van der Waals surface area contributed by atoms with Gasteiger partial charge in [-0.15, -0.1) is 11.3 Å². The molecule has 15 heteroatoms. The number of aromatic carboxylic acids is 1. The van der Waals surface area contributed by atoms with E-state index in [1.54, 1.807) is 24.3 Å². The first kappa shape index (κ1) is 30.2. The maximum Gasteiger partial charge on any atom is 0.349 e. The highest BCUT2D eigenvalue weighted by Crippen LogP contribution is 2.46. The topological polar surface area (TPSA) is 177 Å². The minimum absolute atomic E-state index is 0.0543. The molecule has 0 bridgehead atoms. The number of anilines is 1. The second kappa shape index (κ2) is 13.3. The number of carboxylic acid groups (broad SMARTS) is 2. The summed E-state index contributed by atoms with van der Waals surface area (Å²) in [4.78, 5) is 47.4. The number of rotatable bonds is 11. The first-order valence-corrected chi connectivity index (χ1v) is 14.2. The predicted molar refractivity (Wildman–Crippen MR) is 154 cm³/mol. The van der Waals surface area contributed by atoms with Crippen molar-refractivity contribution in [2.24, 2.45) is 5.92 Å². The van der Waals surface area contributed by atoms with Gasteiger partial charge in [-0.3, -0.25) is 14.9 Å². The van der Waals surface area contributed by atoms with Crippen molar-refractivity contribution in [3.05, 3.63) is 67.0 Å². The van der Waals surface area contributed by atoms with E-state index in [2.05, 4.69) is 26.6 Å². The number of carbonyl (C=O) groups excluding carboxylic acids is 1. The number of halogens is 2. The summed E-state index contributed by atoms with van der Waals surface area (Å²) in [5.41, 5.74) is 0.162. The Hall–Kier alpha value is -3.72. The largest absolute Gasteiger partial charge is 0.480 e. The Morgan fingerprint density at radius 1 is 1.20 bits per heavy atom. The molecule has 4 N–H and O–H groups in total. The van der Waals surface area contributed by atoms with Crippen molar-refractivity contribution in [1.82, 2.24) is 5.32 Å². The number of thiophene rings is 1. The average molecular weight is 669 g/mol. The van der Waals surface area contributed by atoms with Crippen LogP contribution in [0.1, 0.15) is 22.5 Å². The van der Waals surface area contributed by atoms with Crippen molar-refractivity contribution in [2.75, 3.05) is 25.0 Å². The molecular weight excluding hydrogens is 646 g/mol. The van der Waals surface area contributed by atoms with Crippen LogP contribution in [0, 0.1) is 16.0 Å². The van der Waals surface area contributed by atoms with Crippen LogP contribution in [0.25, 0.3) is 10.4 Å². The first-order chi connectivity index (χ1) is 19.5. The number of nitrogens with one attached hydrogen (secondary N) is 2. The van der Waals surface area contributed by atoms with Crippen LogP contribution in [0.2, 0.25) is 5.02 Å². The quantitative estimate of drug-likeness (QED) is 0.155. The molecule has 0 spiro atoms. The zero-order valence-corrected chi connectivity index (χ0v) is 24.3. The summed E-state index contributed by atoms with van der Waals surface area (Å²) in [7, 11) is 0. The van der Waals surface area contributed by atoms with E-state index in [0.717, 1.165) is 11.3 Å². The Morgan fingerprint density at radius 3 is 2.59 bits per heavy atom. The van der Waals surface area contributed by atoms with Crippen LogP contribution in [0.5, 0.6) is 11.5 Å². The number of nitrogens with zero attached hydrogens (tertiary/aromatic N) is 1. The SMILES string of the molecule is O=C(O)COc1c(C(=O)O)sc(-c2cccc(OC(C(=O)Nc3cc(Cl)ccc3[N+](=O)[O-])C3CCNCC3)c2)c1Br. The lowest BCUT2D eigenvalue weighted by molar-refractivity contribution is -0.383. The third-order valence-corrected chi connectivity index (χ3v) is 8.65. The van der Waals surface area contributed by atoms with Crippen molar-refractivity contribution >= 4 is 68.1 Å². The maximum absolute atomic E-state index is 13.5. The number of carboxylic acids is 2. The fraction of sp³-hybridized carbons (Fsp3) is 0.269. The molecule has 0 saturated carbocycles. The van der Waals surface area contributed by atoms with Crippen molar-refractivity contribution in [2.45, 2.75) is 18.9 Å². The molecule has 1 atom stereocenters. The number of hydrogen-bond acceptors (Lipinski definition) is 9. The monoisotopic (exact) mass is 667 g/mol. The number of nitro groups is 1. The van der Waals surface area contributed by atoms with Gasteiger partial charge in [0, 0.05) is 17.0 Å². The van der Waals surface area contributed by atoms with Gasteiger partial charge in [0.15, 0.2) is 23.3 Å². The molecule has 1 aliphatic rings. The Labute approximate surface area is 250 Å². The molecule has 1 aromatic heterocycles. The van der Waals surface area contributed by atoms with Gasteiger partial charge in [-0.2, -0.15) is 0 Å². The number of amides is 1. The number of ether oxygens (including phenoxy) is 2. The average Bonchev–Trinajstić information content (AvgIpc) is 3.27. The molecule has 41 heavy (non-hydrogen) atoms. The fourth-order valence-electron chi connectivity index (χ4n) is 4.32. The van der Waals surface area contributed by atoms with Crippen LogP contribution in [0.3, 0.4) is 0 Å². The first-order valence-electron chi connectivity index (χ1n) is 12.2. The summed E-state index contributed by atoms with van der Waals surface area (Å²) in [6.07, 6.45) is 0.234. The van der Waals surface area contributed by atoms with Crippen LogP contribution in [0.4, 0.5) is 11.4 Å². The Balaban J connectivity index is 1.65. The van der Waals surface area contributed by atoms with Crippen LogP contribution < -0.4 is 20.1 Å². The highest BCUT2D eigenvalue weighted by molar-refractivity contribution is 9.10. The summed E-state index contributed by atoms with van der Waals surface area (Å²) < 4.78 is 11.7.